The van der Waals surface area contributed by atoms with Crippen LogP contribution in [0.3, 0.4) is 0 Å². The third-order valence-corrected chi connectivity index (χ3v) is 5.15. The molecule has 2 heterocycles. The van der Waals surface area contributed by atoms with Crippen LogP contribution >= 0.6 is 0 Å². The van der Waals surface area contributed by atoms with Gasteiger partial charge in [0.25, 0.3) is 0 Å². The van der Waals surface area contributed by atoms with Crippen molar-refractivity contribution < 1.29 is 9.59 Å². The molecule has 22 heavy (non-hydrogen) atoms. The van der Waals surface area contributed by atoms with Gasteiger partial charge in [-0.1, -0.05) is 29.4 Å². The summed E-state index contributed by atoms with van der Waals surface area (Å²) in [4.78, 5) is 31.1. The number of rotatable bonds is 2. The van der Waals surface area contributed by atoms with Crippen LogP contribution in [0.5, 0.6) is 0 Å². The second-order valence-corrected chi connectivity index (χ2v) is 6.57. The first-order valence-corrected chi connectivity index (χ1v) is 7.69. The first kappa shape index (κ1) is 13.4. The van der Waals surface area contributed by atoms with Gasteiger partial charge in [0.05, 0.1) is 18.4 Å². The van der Waals surface area contributed by atoms with Crippen LogP contribution in [0.25, 0.3) is 0 Å². The number of carbonyl (C=O) groups excluding carboxylic acids is 2. The maximum Gasteiger partial charge on any atom is 0.234 e. The van der Waals surface area contributed by atoms with Gasteiger partial charge in [-0.3, -0.25) is 19.5 Å². The molecule has 2 aliphatic carbocycles. The number of allylic oxidation sites excluding steroid dienone is 4. The molecule has 4 nitrogen and oxygen atoms in total. The molecule has 0 radical (unpaired) electrons. The number of imide groups is 1. The molecule has 1 aromatic heterocycles. The predicted octanol–water partition coefficient (Wildman–Crippen LogP) is 2.33. The molecular weight excluding hydrogens is 276 g/mol. The van der Waals surface area contributed by atoms with Crippen molar-refractivity contribution in [2.45, 2.75) is 20.4 Å². The van der Waals surface area contributed by atoms with Gasteiger partial charge in [0.1, 0.15) is 0 Å². The summed E-state index contributed by atoms with van der Waals surface area (Å²) in [6.07, 6.45) is 7.64. The molecule has 1 aliphatic heterocycles. The smallest absolute Gasteiger partial charge is 0.234 e. The molecule has 4 rings (SSSR count). The Bertz CT molecular complexity index is 682. The van der Waals surface area contributed by atoms with Gasteiger partial charge in [-0.25, -0.2) is 0 Å². The van der Waals surface area contributed by atoms with E-state index in [2.05, 4.69) is 31.0 Å². The van der Waals surface area contributed by atoms with Crippen LogP contribution in [0.15, 0.2) is 47.8 Å². The van der Waals surface area contributed by atoms with Gasteiger partial charge in [-0.2, -0.15) is 0 Å². The van der Waals surface area contributed by atoms with E-state index in [9.17, 15) is 9.59 Å². The Balaban J connectivity index is 1.66. The van der Waals surface area contributed by atoms with Gasteiger partial charge in [0, 0.05) is 24.2 Å². The van der Waals surface area contributed by atoms with E-state index >= 15 is 0 Å². The van der Waals surface area contributed by atoms with E-state index in [1.807, 2.05) is 12.1 Å². The van der Waals surface area contributed by atoms with Crippen molar-refractivity contribution in [1.29, 1.82) is 0 Å². The molecular formula is C18H18N2O2. The highest BCUT2D eigenvalue weighted by Gasteiger charge is 2.61. The minimum atomic E-state index is -0.191. The molecule has 4 heteroatoms. The van der Waals surface area contributed by atoms with Gasteiger partial charge < -0.3 is 0 Å². The Morgan fingerprint density at radius 2 is 1.77 bits per heavy atom. The van der Waals surface area contributed by atoms with Crippen molar-refractivity contribution in [3.63, 3.8) is 0 Å². The minimum absolute atomic E-state index is 0.0190. The van der Waals surface area contributed by atoms with Crippen molar-refractivity contribution in [3.05, 3.63) is 53.4 Å². The summed E-state index contributed by atoms with van der Waals surface area (Å²) in [6, 6.07) is 3.73. The van der Waals surface area contributed by atoms with Crippen LogP contribution < -0.4 is 0 Å². The van der Waals surface area contributed by atoms with Gasteiger partial charge in [0.2, 0.25) is 11.8 Å². The van der Waals surface area contributed by atoms with E-state index in [0.29, 0.717) is 6.54 Å². The van der Waals surface area contributed by atoms with Crippen molar-refractivity contribution in [2.75, 3.05) is 0 Å². The van der Waals surface area contributed by atoms with Gasteiger partial charge >= 0.3 is 0 Å². The molecule has 0 N–H and O–H groups in total. The normalized spacial score (nSPS) is 32.1. The third-order valence-electron chi connectivity index (χ3n) is 5.15. The summed E-state index contributed by atoms with van der Waals surface area (Å²) in [5.74, 6) is -0.178. The molecule has 2 fully saturated rings. The van der Waals surface area contributed by atoms with Gasteiger partial charge in [-0.05, 0) is 25.5 Å². The number of aromatic nitrogens is 1. The highest BCUT2D eigenvalue weighted by atomic mass is 16.2. The van der Waals surface area contributed by atoms with Crippen LogP contribution in [-0.4, -0.2) is 21.7 Å². The Kier molecular flexibility index (Phi) is 2.83. The Hall–Kier alpha value is -2.23. The van der Waals surface area contributed by atoms with E-state index in [4.69, 9.17) is 0 Å². The van der Waals surface area contributed by atoms with E-state index < -0.39 is 0 Å². The molecule has 1 saturated heterocycles. The summed E-state index contributed by atoms with van der Waals surface area (Å²) < 4.78 is 0. The number of pyridine rings is 1. The van der Waals surface area contributed by atoms with Crippen molar-refractivity contribution in [2.24, 2.45) is 23.7 Å². The number of hydrogen-bond acceptors (Lipinski definition) is 3. The maximum absolute atomic E-state index is 12.8. The van der Waals surface area contributed by atoms with Crippen molar-refractivity contribution in [1.82, 2.24) is 9.88 Å². The molecule has 0 aromatic carbocycles. The van der Waals surface area contributed by atoms with E-state index in [-0.39, 0.29) is 35.5 Å². The lowest BCUT2D eigenvalue weighted by atomic mass is 9.85. The second-order valence-electron chi connectivity index (χ2n) is 6.57. The number of likely N-dealkylation sites (tertiary alicyclic amines) is 1. The molecule has 112 valence electrons. The fraction of sp³-hybridized carbons (Fsp3) is 0.389. The Morgan fingerprint density at radius 1 is 1.14 bits per heavy atom. The molecule has 0 unspecified atom stereocenters. The molecule has 2 amide bonds. The maximum atomic E-state index is 12.8. The molecule has 4 atom stereocenters. The van der Waals surface area contributed by atoms with Crippen LogP contribution in [0.2, 0.25) is 0 Å². The SMILES string of the molecule is CC(C)=C1[C@H]2C=C[C@@H]1[C@H]1C(=O)N(Cc3cccnc3)C(=O)[C@@H]12. The van der Waals surface area contributed by atoms with E-state index in [0.717, 1.165) is 5.56 Å². The number of fused-ring (bicyclic) bond motifs is 5. The number of nitrogens with zero attached hydrogens (tertiary/aromatic N) is 2. The fourth-order valence-electron chi connectivity index (χ4n) is 4.32. The molecule has 1 aromatic rings. The fourth-order valence-corrected chi connectivity index (χ4v) is 4.32. The number of hydrogen-bond donors (Lipinski definition) is 0. The lowest BCUT2D eigenvalue weighted by Gasteiger charge is -2.19. The predicted molar refractivity (Wildman–Crippen MR) is 81.3 cm³/mol. The highest BCUT2D eigenvalue weighted by molar-refractivity contribution is 6.07. The molecule has 1 saturated carbocycles. The lowest BCUT2D eigenvalue weighted by molar-refractivity contribution is -0.141. The molecule has 2 bridgehead atoms. The first-order chi connectivity index (χ1) is 10.6. The van der Waals surface area contributed by atoms with E-state index in [1.165, 1.54) is 16.0 Å². The van der Waals surface area contributed by atoms with Crippen molar-refractivity contribution in [3.8, 4) is 0 Å². The zero-order valence-electron chi connectivity index (χ0n) is 12.7. The largest absolute Gasteiger partial charge is 0.277 e. The van der Waals surface area contributed by atoms with Gasteiger partial charge in [-0.15, -0.1) is 0 Å². The van der Waals surface area contributed by atoms with Crippen molar-refractivity contribution >= 4 is 11.8 Å². The molecule has 0 spiro atoms. The summed E-state index contributed by atoms with van der Waals surface area (Å²) >= 11 is 0. The number of amides is 2. The third kappa shape index (κ3) is 1.67. The quantitative estimate of drug-likeness (QED) is 0.621. The van der Waals surface area contributed by atoms with Crippen LogP contribution in [0.1, 0.15) is 19.4 Å². The monoisotopic (exact) mass is 294 g/mol. The molecule has 3 aliphatic rings. The zero-order chi connectivity index (χ0) is 15.4. The Morgan fingerprint density at radius 3 is 2.27 bits per heavy atom. The summed E-state index contributed by atoms with van der Waals surface area (Å²) in [6.45, 7) is 4.49. The van der Waals surface area contributed by atoms with E-state index in [1.54, 1.807) is 12.4 Å². The van der Waals surface area contributed by atoms with Crippen LogP contribution in [0.4, 0.5) is 0 Å². The highest BCUT2D eigenvalue weighted by Crippen LogP contribution is 2.56. The second kappa shape index (κ2) is 4.63. The lowest BCUT2D eigenvalue weighted by Crippen LogP contribution is -2.32. The summed E-state index contributed by atoms with van der Waals surface area (Å²) in [5.41, 5.74) is 3.43. The average molecular weight is 294 g/mol. The zero-order valence-corrected chi connectivity index (χ0v) is 12.7. The average Bonchev–Trinajstić information content (AvgIpc) is 3.14. The summed E-state index contributed by atoms with van der Waals surface area (Å²) in [5, 5.41) is 0. The summed E-state index contributed by atoms with van der Waals surface area (Å²) in [7, 11) is 0. The Labute approximate surface area is 129 Å². The minimum Gasteiger partial charge on any atom is -0.277 e. The standard InChI is InChI=1S/C18H18N2O2/c1-10(2)14-12-5-6-13(14)16-15(12)17(21)20(18(16)22)9-11-4-3-7-19-8-11/h3-8,12-13,15-16H,9H2,1-2H3/t12-,13+,15-,16-/m1/s1. The number of carbonyl (C=O) groups is 2. The van der Waals surface area contributed by atoms with Crippen LogP contribution in [0, 0.1) is 23.7 Å². The topological polar surface area (TPSA) is 50.3 Å². The first-order valence-electron chi connectivity index (χ1n) is 7.69. The van der Waals surface area contributed by atoms with Crippen LogP contribution in [-0.2, 0) is 16.1 Å². The van der Waals surface area contributed by atoms with Gasteiger partial charge in [0.15, 0.2) is 0 Å².